The summed E-state index contributed by atoms with van der Waals surface area (Å²) in [5.41, 5.74) is 0.160. The first kappa shape index (κ1) is 12.2. The molecule has 0 saturated heterocycles. The number of anilines is 1. The Kier molecular flexibility index (Phi) is 3.52. The highest BCUT2D eigenvalue weighted by molar-refractivity contribution is 6.29. The second-order valence-corrected chi connectivity index (χ2v) is 4.88. The van der Waals surface area contributed by atoms with Crippen LogP contribution < -0.4 is 5.32 Å². The molecule has 1 heterocycles. The fourth-order valence-corrected chi connectivity index (χ4v) is 2.19. The number of aromatic carboxylic acids is 1. The fourth-order valence-electron chi connectivity index (χ4n) is 1.99. The van der Waals surface area contributed by atoms with Gasteiger partial charge >= 0.3 is 5.97 Å². The van der Waals surface area contributed by atoms with Gasteiger partial charge in [-0.2, -0.15) is 0 Å². The molecule has 0 aromatic carbocycles. The van der Waals surface area contributed by atoms with Gasteiger partial charge < -0.3 is 10.4 Å². The number of pyridine rings is 1. The summed E-state index contributed by atoms with van der Waals surface area (Å²) >= 11 is 5.79. The van der Waals surface area contributed by atoms with Crippen LogP contribution in [0.5, 0.6) is 0 Å². The number of carboxylic acid groups (broad SMARTS) is 1. The van der Waals surface area contributed by atoms with E-state index in [9.17, 15) is 4.79 Å². The highest BCUT2D eigenvalue weighted by Crippen LogP contribution is 2.31. The molecule has 0 amide bonds. The van der Waals surface area contributed by atoms with E-state index >= 15 is 0 Å². The number of halogens is 1. The van der Waals surface area contributed by atoms with Crippen molar-refractivity contribution in [2.75, 3.05) is 5.32 Å². The minimum atomic E-state index is -0.992. The lowest BCUT2D eigenvalue weighted by Crippen LogP contribution is -2.31. The molecule has 0 spiro atoms. The quantitative estimate of drug-likeness (QED) is 0.811. The van der Waals surface area contributed by atoms with Gasteiger partial charge in [0.25, 0.3) is 0 Å². The lowest BCUT2D eigenvalue weighted by atomic mass is 9.80. The molecule has 4 nitrogen and oxygen atoms in total. The predicted octanol–water partition coefficient (Wildman–Crippen LogP) is 3.03. The molecule has 17 heavy (non-hydrogen) atoms. The third-order valence-electron chi connectivity index (χ3n) is 3.27. The second-order valence-electron chi connectivity index (χ2n) is 4.49. The largest absolute Gasteiger partial charge is 0.478 e. The molecule has 1 aliphatic carbocycles. The topological polar surface area (TPSA) is 62.2 Å². The number of hydrogen-bond acceptors (Lipinski definition) is 3. The lowest BCUT2D eigenvalue weighted by molar-refractivity contribution is 0.0697. The third-order valence-corrected chi connectivity index (χ3v) is 3.47. The monoisotopic (exact) mass is 254 g/mol. The van der Waals surface area contributed by atoms with Gasteiger partial charge in [-0.1, -0.05) is 18.0 Å². The Hall–Kier alpha value is -1.29. The van der Waals surface area contributed by atoms with Crippen molar-refractivity contribution < 1.29 is 9.90 Å². The lowest BCUT2D eigenvalue weighted by Gasteiger charge is -2.32. The molecule has 0 radical (unpaired) electrons. The summed E-state index contributed by atoms with van der Waals surface area (Å²) in [6.07, 6.45) is 3.72. The van der Waals surface area contributed by atoms with Gasteiger partial charge in [0.1, 0.15) is 11.0 Å². The van der Waals surface area contributed by atoms with Crippen molar-refractivity contribution in [1.82, 2.24) is 4.98 Å². The molecule has 0 aliphatic heterocycles. The number of hydrogen-bond donors (Lipinski definition) is 2. The van der Waals surface area contributed by atoms with E-state index in [1.165, 1.54) is 31.4 Å². The van der Waals surface area contributed by atoms with Crippen molar-refractivity contribution in [2.45, 2.75) is 32.2 Å². The Morgan fingerprint density at radius 1 is 1.59 bits per heavy atom. The average molecular weight is 255 g/mol. The highest BCUT2D eigenvalue weighted by atomic mass is 35.5. The first-order valence-electron chi connectivity index (χ1n) is 5.73. The van der Waals surface area contributed by atoms with E-state index in [1.54, 1.807) is 0 Å². The maximum absolute atomic E-state index is 10.9. The molecule has 1 atom stereocenters. The van der Waals surface area contributed by atoms with E-state index in [0.29, 0.717) is 17.8 Å². The summed E-state index contributed by atoms with van der Waals surface area (Å²) in [4.78, 5) is 15.0. The van der Waals surface area contributed by atoms with Crippen LogP contribution in [0.15, 0.2) is 12.1 Å². The van der Waals surface area contributed by atoms with Gasteiger partial charge in [0.15, 0.2) is 0 Å². The van der Waals surface area contributed by atoms with Gasteiger partial charge in [-0.15, -0.1) is 0 Å². The molecular weight excluding hydrogens is 240 g/mol. The van der Waals surface area contributed by atoms with Crippen molar-refractivity contribution in [3.63, 3.8) is 0 Å². The van der Waals surface area contributed by atoms with Crippen LogP contribution in [0, 0.1) is 5.92 Å². The van der Waals surface area contributed by atoms with Crippen LogP contribution in [0.25, 0.3) is 0 Å². The van der Waals surface area contributed by atoms with Gasteiger partial charge in [-0.3, -0.25) is 0 Å². The van der Waals surface area contributed by atoms with Crippen molar-refractivity contribution in [1.29, 1.82) is 0 Å². The maximum atomic E-state index is 10.9. The van der Waals surface area contributed by atoms with Gasteiger partial charge in [0, 0.05) is 6.04 Å². The molecule has 2 rings (SSSR count). The fraction of sp³-hybridized carbons (Fsp3) is 0.500. The van der Waals surface area contributed by atoms with Crippen LogP contribution in [-0.2, 0) is 0 Å². The Balaban J connectivity index is 2.11. The Labute approximate surface area is 105 Å². The first-order chi connectivity index (χ1) is 8.06. The van der Waals surface area contributed by atoms with Gasteiger partial charge in [0.2, 0.25) is 0 Å². The van der Waals surface area contributed by atoms with Crippen molar-refractivity contribution in [3.8, 4) is 0 Å². The summed E-state index contributed by atoms with van der Waals surface area (Å²) in [6.45, 7) is 2.09. The number of carboxylic acids is 1. The molecular formula is C12H15ClN2O2. The van der Waals surface area contributed by atoms with Crippen molar-refractivity contribution >= 4 is 23.4 Å². The molecule has 1 aromatic heterocycles. The normalized spacial score (nSPS) is 17.3. The summed E-state index contributed by atoms with van der Waals surface area (Å²) in [5, 5.41) is 12.3. The van der Waals surface area contributed by atoms with E-state index in [2.05, 4.69) is 17.2 Å². The van der Waals surface area contributed by atoms with E-state index in [-0.39, 0.29) is 10.7 Å². The van der Waals surface area contributed by atoms with Crippen LogP contribution in [0.3, 0.4) is 0 Å². The van der Waals surface area contributed by atoms with Gasteiger partial charge in [0.05, 0.1) is 5.56 Å². The minimum Gasteiger partial charge on any atom is -0.478 e. The maximum Gasteiger partial charge on any atom is 0.335 e. The van der Waals surface area contributed by atoms with Crippen LogP contribution in [0.1, 0.15) is 36.5 Å². The summed E-state index contributed by atoms with van der Waals surface area (Å²) < 4.78 is 0. The summed E-state index contributed by atoms with van der Waals surface area (Å²) in [6, 6.07) is 3.17. The Morgan fingerprint density at radius 3 is 2.82 bits per heavy atom. The molecule has 1 saturated carbocycles. The van der Waals surface area contributed by atoms with Crippen LogP contribution in [0.2, 0.25) is 5.15 Å². The molecule has 0 bridgehead atoms. The predicted molar refractivity (Wildman–Crippen MR) is 66.6 cm³/mol. The second kappa shape index (κ2) is 4.92. The Morgan fingerprint density at radius 2 is 2.29 bits per heavy atom. The first-order valence-corrected chi connectivity index (χ1v) is 6.11. The number of carbonyl (C=O) groups is 1. The zero-order chi connectivity index (χ0) is 12.4. The number of nitrogens with one attached hydrogen (secondary N) is 1. The van der Waals surface area contributed by atoms with Crippen molar-refractivity contribution in [3.05, 3.63) is 22.8 Å². The molecule has 1 unspecified atom stereocenters. The van der Waals surface area contributed by atoms with E-state index in [0.717, 1.165) is 0 Å². The highest BCUT2D eigenvalue weighted by Gasteiger charge is 2.24. The molecule has 1 aromatic rings. The van der Waals surface area contributed by atoms with E-state index in [1.807, 2.05) is 0 Å². The Bertz CT molecular complexity index is 433. The van der Waals surface area contributed by atoms with E-state index < -0.39 is 5.97 Å². The van der Waals surface area contributed by atoms with Crippen molar-refractivity contribution in [2.24, 2.45) is 5.92 Å². The number of nitrogens with zero attached hydrogens (tertiary/aromatic N) is 1. The SMILES string of the molecule is CC(Nc1cc(C(=O)O)cc(Cl)n1)C1CCC1. The third kappa shape index (κ3) is 2.88. The minimum absolute atomic E-state index is 0.160. The van der Waals surface area contributed by atoms with Crippen LogP contribution in [-0.4, -0.2) is 22.1 Å². The van der Waals surface area contributed by atoms with E-state index in [4.69, 9.17) is 16.7 Å². The van der Waals surface area contributed by atoms with Crippen LogP contribution in [0.4, 0.5) is 5.82 Å². The summed E-state index contributed by atoms with van der Waals surface area (Å²) in [5.74, 6) is 0.201. The molecule has 1 fully saturated rings. The molecule has 1 aliphatic rings. The summed E-state index contributed by atoms with van der Waals surface area (Å²) in [7, 11) is 0. The number of rotatable bonds is 4. The van der Waals surface area contributed by atoms with Gasteiger partial charge in [-0.25, -0.2) is 9.78 Å². The molecule has 92 valence electrons. The zero-order valence-corrected chi connectivity index (χ0v) is 10.4. The molecule has 2 N–H and O–H groups in total. The van der Waals surface area contributed by atoms with Gasteiger partial charge in [-0.05, 0) is 37.8 Å². The average Bonchev–Trinajstić information content (AvgIpc) is 2.13. The zero-order valence-electron chi connectivity index (χ0n) is 9.61. The number of aromatic nitrogens is 1. The molecule has 5 heteroatoms. The smallest absolute Gasteiger partial charge is 0.335 e. The standard InChI is InChI=1S/C12H15ClN2O2/c1-7(8-3-2-4-8)14-11-6-9(12(16)17)5-10(13)15-11/h5-8H,2-4H2,1H3,(H,14,15)(H,16,17). The van der Waals surface area contributed by atoms with Crippen LogP contribution >= 0.6 is 11.6 Å².